The maximum Gasteiger partial charge on any atom is 0.256 e. The van der Waals surface area contributed by atoms with Gasteiger partial charge in [0.1, 0.15) is 11.5 Å². The first kappa shape index (κ1) is 20.7. The predicted molar refractivity (Wildman–Crippen MR) is 118 cm³/mol. The first-order valence-corrected chi connectivity index (χ1v) is 10.2. The molecule has 0 bridgehead atoms. The van der Waals surface area contributed by atoms with Crippen LogP contribution in [0.3, 0.4) is 0 Å². The first-order valence-electron chi connectivity index (χ1n) is 9.42. The smallest absolute Gasteiger partial charge is 0.256 e. The molecule has 7 heteroatoms. The van der Waals surface area contributed by atoms with E-state index >= 15 is 0 Å². The van der Waals surface area contributed by atoms with Gasteiger partial charge in [-0.3, -0.25) is 9.89 Å². The van der Waals surface area contributed by atoms with Crippen molar-refractivity contribution in [1.29, 1.82) is 0 Å². The van der Waals surface area contributed by atoms with Crippen molar-refractivity contribution >= 4 is 28.7 Å². The lowest BCUT2D eigenvalue weighted by atomic mass is 10.1. The monoisotopic (exact) mass is 408 g/mol. The highest BCUT2D eigenvalue weighted by atomic mass is 32.2. The number of H-pyrrole nitrogens is 1. The van der Waals surface area contributed by atoms with Crippen LogP contribution in [0, 0.1) is 0 Å². The molecule has 0 unspecified atom stereocenters. The standard InChI is InChI=1S/C22H24N4O2S/c1-5-7-18-20-19(12-13-23-21(20)26-25-18)28-17-10-8-16(9-11-17)22(27)24-15(4)29-14(3)6-2/h6,8-13H,4-5,7H2,1-3H3,(H,24,27)(H,23,25,26)/b14-6-. The van der Waals surface area contributed by atoms with Crippen molar-refractivity contribution in [3.05, 3.63) is 70.4 Å². The summed E-state index contributed by atoms with van der Waals surface area (Å²) in [6.45, 7) is 9.91. The Bertz CT molecular complexity index is 1050. The Labute approximate surface area is 174 Å². The minimum Gasteiger partial charge on any atom is -0.456 e. The number of thioether (sulfide) groups is 1. The fourth-order valence-electron chi connectivity index (χ4n) is 2.77. The van der Waals surface area contributed by atoms with Crippen LogP contribution in [0.2, 0.25) is 0 Å². The number of allylic oxidation sites excluding steroid dienone is 2. The van der Waals surface area contributed by atoms with Gasteiger partial charge in [-0.05, 0) is 55.5 Å². The molecule has 150 valence electrons. The fourth-order valence-corrected chi connectivity index (χ4v) is 3.42. The molecule has 2 N–H and O–H groups in total. The summed E-state index contributed by atoms with van der Waals surface area (Å²) in [7, 11) is 0. The third-order valence-electron chi connectivity index (χ3n) is 4.28. The van der Waals surface area contributed by atoms with E-state index in [1.807, 2.05) is 26.0 Å². The number of carbonyl (C=O) groups is 1. The Kier molecular flexibility index (Phi) is 6.72. The molecular formula is C22H24N4O2S. The number of aryl methyl sites for hydroxylation is 1. The van der Waals surface area contributed by atoms with Crippen molar-refractivity contribution in [3.8, 4) is 11.5 Å². The van der Waals surface area contributed by atoms with Crippen LogP contribution >= 0.6 is 11.8 Å². The van der Waals surface area contributed by atoms with Crippen molar-refractivity contribution in [3.63, 3.8) is 0 Å². The van der Waals surface area contributed by atoms with Gasteiger partial charge in [0.25, 0.3) is 5.91 Å². The molecule has 2 aromatic heterocycles. The van der Waals surface area contributed by atoms with Crippen LogP contribution < -0.4 is 10.1 Å². The van der Waals surface area contributed by atoms with Gasteiger partial charge in [-0.1, -0.05) is 37.8 Å². The molecule has 0 aliphatic carbocycles. The summed E-state index contributed by atoms with van der Waals surface area (Å²) < 4.78 is 6.06. The Hall–Kier alpha value is -3.06. The topological polar surface area (TPSA) is 79.9 Å². The van der Waals surface area contributed by atoms with Crippen LogP contribution in [-0.2, 0) is 6.42 Å². The van der Waals surface area contributed by atoms with E-state index in [9.17, 15) is 4.79 Å². The maximum atomic E-state index is 12.4. The number of nitrogens with one attached hydrogen (secondary N) is 2. The van der Waals surface area contributed by atoms with Crippen LogP contribution in [0.5, 0.6) is 11.5 Å². The van der Waals surface area contributed by atoms with Gasteiger partial charge in [-0.25, -0.2) is 4.98 Å². The lowest BCUT2D eigenvalue weighted by molar-refractivity contribution is 0.0969. The number of hydrogen-bond donors (Lipinski definition) is 2. The van der Waals surface area contributed by atoms with Crippen molar-refractivity contribution < 1.29 is 9.53 Å². The molecule has 0 fully saturated rings. The molecule has 3 rings (SSSR count). The van der Waals surface area contributed by atoms with Gasteiger partial charge in [-0.15, -0.1) is 0 Å². The molecule has 2 heterocycles. The van der Waals surface area contributed by atoms with E-state index in [2.05, 4.69) is 34.0 Å². The molecule has 3 aromatic rings. The van der Waals surface area contributed by atoms with E-state index in [-0.39, 0.29) is 5.91 Å². The van der Waals surface area contributed by atoms with Crippen LogP contribution in [0.4, 0.5) is 0 Å². The summed E-state index contributed by atoms with van der Waals surface area (Å²) in [6, 6.07) is 8.82. The molecule has 0 aliphatic rings. The first-order chi connectivity index (χ1) is 14.0. The molecular weight excluding hydrogens is 384 g/mol. The van der Waals surface area contributed by atoms with E-state index < -0.39 is 0 Å². The van der Waals surface area contributed by atoms with Gasteiger partial charge in [0.15, 0.2) is 5.65 Å². The number of carbonyl (C=O) groups excluding carboxylic acids is 1. The summed E-state index contributed by atoms with van der Waals surface area (Å²) in [4.78, 5) is 17.7. The van der Waals surface area contributed by atoms with E-state index in [0.29, 0.717) is 27.7 Å². The van der Waals surface area contributed by atoms with Crippen molar-refractivity contribution in [2.75, 3.05) is 0 Å². The molecule has 29 heavy (non-hydrogen) atoms. The molecule has 0 saturated carbocycles. The Morgan fingerprint density at radius 1 is 1.31 bits per heavy atom. The van der Waals surface area contributed by atoms with E-state index in [0.717, 1.165) is 28.8 Å². The van der Waals surface area contributed by atoms with Gasteiger partial charge in [0, 0.05) is 17.5 Å². The average molecular weight is 409 g/mol. The second-order valence-corrected chi connectivity index (χ2v) is 7.81. The van der Waals surface area contributed by atoms with Gasteiger partial charge >= 0.3 is 0 Å². The van der Waals surface area contributed by atoms with Gasteiger partial charge in [0.2, 0.25) is 0 Å². The largest absolute Gasteiger partial charge is 0.456 e. The van der Waals surface area contributed by atoms with E-state index in [1.165, 1.54) is 11.8 Å². The molecule has 6 nitrogen and oxygen atoms in total. The number of ether oxygens (including phenoxy) is 1. The van der Waals surface area contributed by atoms with Gasteiger partial charge in [0.05, 0.1) is 10.4 Å². The van der Waals surface area contributed by atoms with E-state index in [4.69, 9.17) is 4.74 Å². The number of rotatable bonds is 8. The highest BCUT2D eigenvalue weighted by Gasteiger charge is 2.13. The van der Waals surface area contributed by atoms with Gasteiger partial charge < -0.3 is 10.1 Å². The van der Waals surface area contributed by atoms with Crippen molar-refractivity contribution in [2.45, 2.75) is 33.6 Å². The van der Waals surface area contributed by atoms with Crippen molar-refractivity contribution in [1.82, 2.24) is 20.5 Å². The zero-order valence-corrected chi connectivity index (χ0v) is 17.6. The third kappa shape index (κ3) is 5.06. The average Bonchev–Trinajstić information content (AvgIpc) is 3.12. The lowest BCUT2D eigenvalue weighted by Crippen LogP contribution is -2.20. The number of aromatic amines is 1. The minimum atomic E-state index is -0.204. The molecule has 0 saturated heterocycles. The van der Waals surface area contributed by atoms with Crippen LogP contribution in [-0.4, -0.2) is 21.1 Å². The number of fused-ring (bicyclic) bond motifs is 1. The summed E-state index contributed by atoms with van der Waals surface area (Å²) >= 11 is 1.43. The molecule has 1 aromatic carbocycles. The second kappa shape index (κ2) is 9.43. The third-order valence-corrected chi connectivity index (χ3v) is 5.19. The predicted octanol–water partition coefficient (Wildman–Crippen LogP) is 5.56. The summed E-state index contributed by atoms with van der Waals surface area (Å²) in [5.41, 5.74) is 2.18. The Balaban J connectivity index is 1.73. The number of hydrogen-bond acceptors (Lipinski definition) is 5. The number of amides is 1. The van der Waals surface area contributed by atoms with E-state index in [1.54, 1.807) is 30.5 Å². The van der Waals surface area contributed by atoms with Crippen LogP contribution in [0.1, 0.15) is 43.2 Å². The molecule has 0 atom stereocenters. The zero-order valence-electron chi connectivity index (χ0n) is 16.8. The molecule has 0 spiro atoms. The molecule has 1 amide bonds. The number of nitrogens with zero attached hydrogens (tertiary/aromatic N) is 2. The lowest BCUT2D eigenvalue weighted by Gasteiger charge is -2.10. The molecule has 0 aliphatic heterocycles. The number of pyridine rings is 1. The van der Waals surface area contributed by atoms with Crippen LogP contribution in [0.15, 0.2) is 59.1 Å². The summed E-state index contributed by atoms with van der Waals surface area (Å²) in [6.07, 6.45) is 5.50. The fraction of sp³-hybridized carbons (Fsp3) is 0.227. The van der Waals surface area contributed by atoms with Crippen LogP contribution in [0.25, 0.3) is 11.0 Å². The molecule has 0 radical (unpaired) electrons. The highest BCUT2D eigenvalue weighted by Crippen LogP contribution is 2.31. The second-order valence-electron chi connectivity index (χ2n) is 6.46. The van der Waals surface area contributed by atoms with Gasteiger partial charge in [-0.2, -0.15) is 5.10 Å². The van der Waals surface area contributed by atoms with Crippen molar-refractivity contribution in [2.24, 2.45) is 0 Å². The zero-order chi connectivity index (χ0) is 20.8. The number of aromatic nitrogens is 3. The number of benzene rings is 1. The Morgan fingerprint density at radius 3 is 2.76 bits per heavy atom. The summed E-state index contributed by atoms with van der Waals surface area (Å²) in [5, 5.41) is 11.6. The minimum absolute atomic E-state index is 0.204. The SMILES string of the molecule is C=C(NC(=O)c1ccc(Oc2ccnc3n[nH]c(CCC)c23)cc1)S/C(C)=C\C. The maximum absolute atomic E-state index is 12.4. The highest BCUT2D eigenvalue weighted by molar-refractivity contribution is 8.06. The Morgan fingerprint density at radius 2 is 2.07 bits per heavy atom. The normalized spacial score (nSPS) is 11.5. The quantitative estimate of drug-likeness (QED) is 0.510. The summed E-state index contributed by atoms with van der Waals surface area (Å²) in [5.74, 6) is 1.12.